The first-order chi connectivity index (χ1) is 17.2. The Bertz CT molecular complexity index is 1200. The van der Waals surface area contributed by atoms with Gasteiger partial charge in [-0.05, 0) is 53.1 Å². The summed E-state index contributed by atoms with van der Waals surface area (Å²) in [5.74, 6) is -0.681. The Balaban J connectivity index is 1.25. The zero-order valence-electron chi connectivity index (χ0n) is 18.8. The van der Waals surface area contributed by atoms with Gasteiger partial charge in [-0.25, -0.2) is 9.48 Å². The molecule has 0 spiro atoms. The lowest BCUT2D eigenvalue weighted by Gasteiger charge is -2.30. The number of carbonyl (C=O) groups excluding carboxylic acids is 1. The number of hydrogen-bond acceptors (Lipinski definition) is 8. The van der Waals surface area contributed by atoms with E-state index in [0.717, 1.165) is 17.8 Å². The SMILES string of the molecule is O=C(O)Cn1nnnc1SC1CCN(C(=O)Oc2ccc(Cc3ccc(C(F)(F)F)cn3)cc2)CC1. The van der Waals surface area contributed by atoms with E-state index >= 15 is 0 Å². The van der Waals surface area contributed by atoms with Crippen LogP contribution in [0.25, 0.3) is 0 Å². The molecule has 0 atom stereocenters. The highest BCUT2D eigenvalue weighted by Gasteiger charge is 2.30. The Morgan fingerprint density at radius 1 is 1.11 bits per heavy atom. The Morgan fingerprint density at radius 2 is 1.83 bits per heavy atom. The van der Waals surface area contributed by atoms with Crippen molar-refractivity contribution in [3.63, 3.8) is 0 Å². The summed E-state index contributed by atoms with van der Waals surface area (Å²) in [5.41, 5.74) is 0.505. The van der Waals surface area contributed by atoms with E-state index in [-0.39, 0.29) is 11.8 Å². The summed E-state index contributed by atoms with van der Waals surface area (Å²) in [6.45, 7) is 0.615. The molecule has 190 valence electrons. The number of benzene rings is 1. The minimum Gasteiger partial charge on any atom is -0.480 e. The van der Waals surface area contributed by atoms with Crippen molar-refractivity contribution in [2.24, 2.45) is 0 Å². The molecule has 36 heavy (non-hydrogen) atoms. The number of aliphatic carboxylic acids is 1. The summed E-state index contributed by atoms with van der Waals surface area (Å²) in [5, 5.41) is 20.5. The lowest BCUT2D eigenvalue weighted by atomic mass is 10.1. The molecule has 0 aliphatic carbocycles. The number of carboxylic acid groups (broad SMARTS) is 1. The molecule has 4 rings (SSSR count). The fraction of sp³-hybridized carbons (Fsp3) is 0.364. The number of piperidine rings is 1. The van der Waals surface area contributed by atoms with Crippen molar-refractivity contribution < 1.29 is 32.6 Å². The van der Waals surface area contributed by atoms with Crippen LogP contribution in [-0.2, 0) is 23.9 Å². The standard InChI is InChI=1S/C22H21F3N6O4S/c23-22(24,25)15-3-4-16(26-12-15)11-14-1-5-17(6-2-14)35-21(34)30-9-7-18(8-10-30)36-20-27-28-29-31(20)13-19(32)33/h1-6,12,18H,7-11,13H2,(H,32,33). The second-order valence-corrected chi connectivity index (χ2v) is 9.31. The van der Waals surface area contributed by atoms with Gasteiger partial charge in [0.15, 0.2) is 0 Å². The molecule has 1 saturated heterocycles. The molecule has 1 aliphatic rings. The molecule has 0 radical (unpaired) electrons. The summed E-state index contributed by atoms with van der Waals surface area (Å²) in [6.07, 6.45) is -2.42. The van der Waals surface area contributed by atoms with E-state index in [4.69, 9.17) is 9.84 Å². The van der Waals surface area contributed by atoms with Crippen LogP contribution in [-0.4, -0.2) is 65.6 Å². The number of carbonyl (C=O) groups is 2. The van der Waals surface area contributed by atoms with Crippen LogP contribution < -0.4 is 4.74 Å². The van der Waals surface area contributed by atoms with Gasteiger partial charge in [0.25, 0.3) is 0 Å². The van der Waals surface area contributed by atoms with E-state index in [0.29, 0.717) is 49.0 Å². The maximum absolute atomic E-state index is 12.7. The number of nitrogens with zero attached hydrogens (tertiary/aromatic N) is 6. The highest BCUT2D eigenvalue weighted by Crippen LogP contribution is 2.30. The van der Waals surface area contributed by atoms with Crippen LogP contribution in [0.5, 0.6) is 5.75 Å². The molecule has 10 nitrogen and oxygen atoms in total. The number of tetrazole rings is 1. The predicted molar refractivity (Wildman–Crippen MR) is 120 cm³/mol. The number of rotatable bonds is 7. The summed E-state index contributed by atoms with van der Waals surface area (Å²) in [7, 11) is 0. The van der Waals surface area contributed by atoms with Crippen LogP contribution in [0.1, 0.15) is 29.7 Å². The molecular formula is C22H21F3N6O4S. The number of likely N-dealkylation sites (tertiary alicyclic amines) is 1. The summed E-state index contributed by atoms with van der Waals surface area (Å²) in [4.78, 5) is 28.9. The van der Waals surface area contributed by atoms with Crippen molar-refractivity contribution in [3.05, 3.63) is 59.4 Å². The van der Waals surface area contributed by atoms with Gasteiger partial charge in [0.1, 0.15) is 12.3 Å². The Hall–Kier alpha value is -3.68. The quantitative estimate of drug-likeness (QED) is 0.496. The number of hydrogen-bond donors (Lipinski definition) is 1. The monoisotopic (exact) mass is 522 g/mol. The molecule has 14 heteroatoms. The van der Waals surface area contributed by atoms with Crippen molar-refractivity contribution in [1.82, 2.24) is 30.1 Å². The first-order valence-corrected chi connectivity index (χ1v) is 11.8. The van der Waals surface area contributed by atoms with E-state index in [1.807, 2.05) is 0 Å². The third-order valence-electron chi connectivity index (χ3n) is 5.42. The Kier molecular flexibility index (Phi) is 7.72. The second kappa shape index (κ2) is 10.9. The highest BCUT2D eigenvalue weighted by atomic mass is 32.2. The normalized spacial score (nSPS) is 14.6. The van der Waals surface area contributed by atoms with Crippen molar-refractivity contribution in [2.75, 3.05) is 13.1 Å². The average molecular weight is 523 g/mol. The number of amides is 1. The van der Waals surface area contributed by atoms with Gasteiger partial charge in [0.05, 0.1) is 5.56 Å². The van der Waals surface area contributed by atoms with Crippen molar-refractivity contribution >= 4 is 23.8 Å². The largest absolute Gasteiger partial charge is 0.480 e. The molecule has 3 aromatic rings. The summed E-state index contributed by atoms with van der Waals surface area (Å²) >= 11 is 1.39. The van der Waals surface area contributed by atoms with Gasteiger partial charge in [0.2, 0.25) is 5.16 Å². The lowest BCUT2D eigenvalue weighted by molar-refractivity contribution is -0.138. The molecule has 1 fully saturated rings. The van der Waals surface area contributed by atoms with Crippen molar-refractivity contribution in [3.8, 4) is 5.75 Å². The van der Waals surface area contributed by atoms with Crippen LogP contribution in [0.4, 0.5) is 18.0 Å². The van der Waals surface area contributed by atoms with Gasteiger partial charge in [0, 0.05) is 36.7 Å². The highest BCUT2D eigenvalue weighted by molar-refractivity contribution is 7.99. The molecule has 0 unspecified atom stereocenters. The minimum atomic E-state index is -4.43. The molecular weight excluding hydrogens is 501 g/mol. The molecule has 2 aromatic heterocycles. The van der Waals surface area contributed by atoms with E-state index in [9.17, 15) is 22.8 Å². The van der Waals surface area contributed by atoms with Crippen LogP contribution in [0.3, 0.4) is 0 Å². The minimum absolute atomic E-state index is 0.130. The van der Waals surface area contributed by atoms with E-state index in [1.54, 1.807) is 29.2 Å². The number of thioether (sulfide) groups is 1. The second-order valence-electron chi connectivity index (χ2n) is 8.04. The maximum Gasteiger partial charge on any atom is 0.417 e. The first kappa shape index (κ1) is 25.4. The number of aromatic nitrogens is 5. The summed E-state index contributed by atoms with van der Waals surface area (Å²) < 4.78 is 44.7. The molecule has 1 aromatic carbocycles. The lowest BCUT2D eigenvalue weighted by Crippen LogP contribution is -2.41. The van der Waals surface area contributed by atoms with Crippen LogP contribution in [0, 0.1) is 0 Å². The van der Waals surface area contributed by atoms with Gasteiger partial charge >= 0.3 is 18.2 Å². The molecule has 1 N–H and O–H groups in total. The zero-order valence-corrected chi connectivity index (χ0v) is 19.6. The summed E-state index contributed by atoms with van der Waals surface area (Å²) in [6, 6.07) is 9.05. The first-order valence-electron chi connectivity index (χ1n) is 10.9. The zero-order chi connectivity index (χ0) is 25.7. The third-order valence-corrected chi connectivity index (χ3v) is 6.73. The van der Waals surface area contributed by atoms with Crippen LogP contribution in [0.15, 0.2) is 47.8 Å². The van der Waals surface area contributed by atoms with E-state index in [2.05, 4.69) is 20.5 Å². The Labute approximate surface area is 207 Å². The van der Waals surface area contributed by atoms with Gasteiger partial charge in [-0.2, -0.15) is 13.2 Å². The van der Waals surface area contributed by atoms with Crippen LogP contribution in [0.2, 0.25) is 0 Å². The van der Waals surface area contributed by atoms with E-state index < -0.39 is 23.8 Å². The molecule has 0 saturated carbocycles. The van der Waals surface area contributed by atoms with Gasteiger partial charge in [-0.3, -0.25) is 9.78 Å². The number of halogens is 3. The Morgan fingerprint density at radius 3 is 2.44 bits per heavy atom. The third kappa shape index (κ3) is 6.71. The fourth-order valence-corrected chi connectivity index (χ4v) is 4.61. The van der Waals surface area contributed by atoms with E-state index in [1.165, 1.54) is 22.5 Å². The topological polar surface area (TPSA) is 123 Å². The molecule has 0 bridgehead atoms. The number of carboxylic acids is 1. The van der Waals surface area contributed by atoms with Crippen molar-refractivity contribution in [1.29, 1.82) is 0 Å². The fourth-order valence-electron chi connectivity index (χ4n) is 3.56. The van der Waals surface area contributed by atoms with Gasteiger partial charge in [-0.1, -0.05) is 23.9 Å². The van der Waals surface area contributed by atoms with Gasteiger partial charge in [-0.15, -0.1) is 5.10 Å². The molecule has 1 amide bonds. The number of pyridine rings is 1. The maximum atomic E-state index is 12.7. The average Bonchev–Trinajstić information content (AvgIpc) is 3.26. The molecule has 1 aliphatic heterocycles. The number of alkyl halides is 3. The van der Waals surface area contributed by atoms with Crippen LogP contribution >= 0.6 is 11.8 Å². The smallest absolute Gasteiger partial charge is 0.417 e. The predicted octanol–water partition coefficient (Wildman–Crippen LogP) is 3.52. The number of ether oxygens (including phenoxy) is 1. The van der Waals surface area contributed by atoms with Gasteiger partial charge < -0.3 is 14.7 Å². The van der Waals surface area contributed by atoms with Crippen molar-refractivity contribution in [2.45, 2.75) is 42.4 Å². The molecule has 3 heterocycles.